The minimum absolute atomic E-state index is 0.219. The highest BCUT2D eigenvalue weighted by molar-refractivity contribution is 6.31. The molecule has 0 spiro atoms. The molecule has 1 N–H and O–H groups in total. The minimum atomic E-state index is -0.310. The van der Waals surface area contributed by atoms with Gasteiger partial charge in [0.15, 0.2) is 0 Å². The summed E-state index contributed by atoms with van der Waals surface area (Å²) in [4.78, 5) is 0. The Morgan fingerprint density at radius 3 is 2.93 bits per heavy atom. The summed E-state index contributed by atoms with van der Waals surface area (Å²) in [5.74, 6) is -0.310. The van der Waals surface area contributed by atoms with Crippen LogP contribution in [0.15, 0.2) is 30.9 Å². The Hall–Kier alpha value is -0.860. The van der Waals surface area contributed by atoms with Gasteiger partial charge in [-0.15, -0.1) is 6.58 Å². The maximum atomic E-state index is 12.7. The number of halogens is 2. The monoisotopic (exact) mass is 213 g/mol. The normalized spacial score (nSPS) is 12.5. The smallest absolute Gasteiger partial charge is 0.124 e. The Balaban J connectivity index is 2.63. The maximum absolute atomic E-state index is 12.7. The van der Waals surface area contributed by atoms with Crippen molar-refractivity contribution in [3.63, 3.8) is 0 Å². The van der Waals surface area contributed by atoms with Gasteiger partial charge in [0.1, 0.15) is 5.82 Å². The molecule has 0 aliphatic carbocycles. The number of hydrogen-bond donors (Lipinski definition) is 1. The summed E-state index contributed by atoms with van der Waals surface area (Å²) in [7, 11) is 0. The average Bonchev–Trinajstić information content (AvgIpc) is 2.16. The molecule has 0 aromatic heterocycles. The van der Waals surface area contributed by atoms with Crippen LogP contribution in [0.3, 0.4) is 0 Å². The molecule has 0 bridgehead atoms. The third kappa shape index (κ3) is 3.13. The molecule has 76 valence electrons. The van der Waals surface area contributed by atoms with Crippen molar-refractivity contribution in [1.82, 2.24) is 5.32 Å². The SMILES string of the molecule is C=CC(C)NCc1ccc(F)cc1Cl. The number of benzene rings is 1. The molecule has 1 aromatic carbocycles. The molecule has 14 heavy (non-hydrogen) atoms. The van der Waals surface area contributed by atoms with E-state index >= 15 is 0 Å². The van der Waals surface area contributed by atoms with Gasteiger partial charge in [0.25, 0.3) is 0 Å². The zero-order valence-electron chi connectivity index (χ0n) is 8.06. The standard InChI is InChI=1S/C11H13ClFN/c1-3-8(2)14-7-9-4-5-10(13)6-11(9)12/h3-6,8,14H,1,7H2,2H3. The summed E-state index contributed by atoms with van der Waals surface area (Å²) in [5, 5.41) is 3.64. The van der Waals surface area contributed by atoms with Crippen molar-refractivity contribution in [3.8, 4) is 0 Å². The maximum Gasteiger partial charge on any atom is 0.124 e. The summed E-state index contributed by atoms with van der Waals surface area (Å²) >= 11 is 5.85. The summed E-state index contributed by atoms with van der Waals surface area (Å²) < 4.78 is 12.7. The van der Waals surface area contributed by atoms with Crippen LogP contribution in [0.4, 0.5) is 4.39 Å². The predicted octanol–water partition coefficient (Wildman–Crippen LogP) is 3.14. The lowest BCUT2D eigenvalue weighted by Gasteiger charge is -2.10. The first-order chi connectivity index (χ1) is 6.63. The van der Waals surface area contributed by atoms with Crippen molar-refractivity contribution in [1.29, 1.82) is 0 Å². The number of hydrogen-bond acceptors (Lipinski definition) is 1. The molecule has 1 unspecified atom stereocenters. The van der Waals surface area contributed by atoms with Gasteiger partial charge in [-0.05, 0) is 24.6 Å². The van der Waals surface area contributed by atoms with Crippen LogP contribution in [-0.2, 0) is 6.54 Å². The third-order valence-corrected chi connectivity index (χ3v) is 2.34. The Morgan fingerprint density at radius 1 is 1.64 bits per heavy atom. The van der Waals surface area contributed by atoms with Crippen molar-refractivity contribution in [2.45, 2.75) is 19.5 Å². The van der Waals surface area contributed by atoms with Crippen molar-refractivity contribution in [2.75, 3.05) is 0 Å². The van der Waals surface area contributed by atoms with E-state index in [1.54, 1.807) is 12.1 Å². The van der Waals surface area contributed by atoms with E-state index in [0.29, 0.717) is 11.6 Å². The van der Waals surface area contributed by atoms with Gasteiger partial charge >= 0.3 is 0 Å². The van der Waals surface area contributed by atoms with Crippen molar-refractivity contribution in [3.05, 3.63) is 47.3 Å². The van der Waals surface area contributed by atoms with E-state index < -0.39 is 0 Å². The van der Waals surface area contributed by atoms with Crippen molar-refractivity contribution < 1.29 is 4.39 Å². The van der Waals surface area contributed by atoms with Gasteiger partial charge in [0.05, 0.1) is 0 Å². The van der Waals surface area contributed by atoms with Gasteiger partial charge in [-0.2, -0.15) is 0 Å². The largest absolute Gasteiger partial charge is 0.307 e. The fourth-order valence-electron chi connectivity index (χ4n) is 1.02. The molecular weight excluding hydrogens is 201 g/mol. The van der Waals surface area contributed by atoms with Gasteiger partial charge in [0.2, 0.25) is 0 Å². The second-order valence-corrected chi connectivity index (χ2v) is 3.55. The molecule has 1 atom stereocenters. The van der Waals surface area contributed by atoms with Gasteiger partial charge in [-0.1, -0.05) is 23.7 Å². The average molecular weight is 214 g/mol. The summed E-state index contributed by atoms with van der Waals surface area (Å²) in [6, 6.07) is 4.62. The minimum Gasteiger partial charge on any atom is -0.307 e. The van der Waals surface area contributed by atoms with E-state index in [9.17, 15) is 4.39 Å². The highest BCUT2D eigenvalue weighted by Crippen LogP contribution is 2.16. The van der Waals surface area contributed by atoms with E-state index in [-0.39, 0.29) is 11.9 Å². The first-order valence-corrected chi connectivity index (χ1v) is 4.81. The first-order valence-electron chi connectivity index (χ1n) is 4.43. The summed E-state index contributed by atoms with van der Waals surface area (Å²) in [6.07, 6.45) is 1.80. The lowest BCUT2D eigenvalue weighted by atomic mass is 10.2. The fraction of sp³-hybridized carbons (Fsp3) is 0.273. The first kappa shape index (κ1) is 11.2. The quantitative estimate of drug-likeness (QED) is 0.758. The van der Waals surface area contributed by atoms with E-state index in [2.05, 4.69) is 11.9 Å². The van der Waals surface area contributed by atoms with Gasteiger partial charge < -0.3 is 5.32 Å². The molecular formula is C11H13ClFN. The Morgan fingerprint density at radius 2 is 2.36 bits per heavy atom. The number of rotatable bonds is 4. The molecule has 0 aliphatic heterocycles. The van der Waals surface area contributed by atoms with Gasteiger partial charge in [0, 0.05) is 17.6 Å². The summed E-state index contributed by atoms with van der Waals surface area (Å²) in [6.45, 7) is 6.26. The molecule has 3 heteroatoms. The predicted molar refractivity (Wildman–Crippen MR) is 57.9 cm³/mol. The van der Waals surface area contributed by atoms with Crippen LogP contribution < -0.4 is 5.32 Å². The van der Waals surface area contributed by atoms with Crippen LogP contribution in [0.25, 0.3) is 0 Å². The lowest BCUT2D eigenvalue weighted by molar-refractivity contribution is 0.618. The lowest BCUT2D eigenvalue weighted by Crippen LogP contribution is -2.23. The second-order valence-electron chi connectivity index (χ2n) is 3.14. The third-order valence-electron chi connectivity index (χ3n) is 1.98. The molecule has 0 aliphatic rings. The van der Waals surface area contributed by atoms with E-state index in [1.165, 1.54) is 12.1 Å². The van der Waals surface area contributed by atoms with Gasteiger partial charge in [-0.3, -0.25) is 0 Å². The Kier molecular flexibility index (Phi) is 4.11. The molecule has 0 heterocycles. The zero-order chi connectivity index (χ0) is 10.6. The van der Waals surface area contributed by atoms with E-state index in [4.69, 9.17) is 11.6 Å². The van der Waals surface area contributed by atoms with E-state index in [1.807, 2.05) is 6.92 Å². The van der Waals surface area contributed by atoms with Crippen LogP contribution in [0, 0.1) is 5.82 Å². The molecule has 1 aromatic rings. The molecule has 0 radical (unpaired) electrons. The van der Waals surface area contributed by atoms with Crippen LogP contribution in [0.2, 0.25) is 5.02 Å². The summed E-state index contributed by atoms with van der Waals surface area (Å²) in [5.41, 5.74) is 0.891. The zero-order valence-corrected chi connectivity index (χ0v) is 8.81. The van der Waals surface area contributed by atoms with Gasteiger partial charge in [-0.25, -0.2) is 4.39 Å². The highest BCUT2D eigenvalue weighted by Gasteiger charge is 2.02. The second kappa shape index (κ2) is 5.13. The topological polar surface area (TPSA) is 12.0 Å². The van der Waals surface area contributed by atoms with E-state index in [0.717, 1.165) is 5.56 Å². The molecule has 1 rings (SSSR count). The molecule has 0 saturated heterocycles. The molecule has 0 saturated carbocycles. The van der Waals surface area contributed by atoms with Crippen LogP contribution in [0.1, 0.15) is 12.5 Å². The van der Waals surface area contributed by atoms with Crippen molar-refractivity contribution in [2.24, 2.45) is 0 Å². The van der Waals surface area contributed by atoms with Crippen LogP contribution in [-0.4, -0.2) is 6.04 Å². The Labute approximate surface area is 88.6 Å². The molecule has 0 amide bonds. The molecule has 1 nitrogen and oxygen atoms in total. The molecule has 0 fully saturated rings. The van der Waals surface area contributed by atoms with Crippen LogP contribution in [0.5, 0.6) is 0 Å². The highest BCUT2D eigenvalue weighted by atomic mass is 35.5. The fourth-order valence-corrected chi connectivity index (χ4v) is 1.25. The van der Waals surface area contributed by atoms with Crippen LogP contribution >= 0.6 is 11.6 Å². The number of nitrogens with one attached hydrogen (secondary N) is 1. The van der Waals surface area contributed by atoms with Crippen molar-refractivity contribution >= 4 is 11.6 Å². The Bertz CT molecular complexity index is 325.